The molecule has 0 radical (unpaired) electrons. The van der Waals surface area contributed by atoms with Crippen LogP contribution in [0.25, 0.3) is 0 Å². The molecule has 1 aromatic rings. The molecule has 0 atom stereocenters. The zero-order valence-corrected chi connectivity index (χ0v) is 10.7. The fourth-order valence-corrected chi connectivity index (χ4v) is 2.08. The molecule has 0 unspecified atom stereocenters. The van der Waals surface area contributed by atoms with E-state index in [1.165, 1.54) is 13.2 Å². The summed E-state index contributed by atoms with van der Waals surface area (Å²) in [5.41, 5.74) is 0.604. The van der Waals surface area contributed by atoms with E-state index in [0.29, 0.717) is 30.4 Å². The first-order valence-corrected chi connectivity index (χ1v) is 6.13. The Kier molecular flexibility index (Phi) is 3.85. The number of nitro benzene ring substituents is 1. The molecular formula is C13H15N3O3. The van der Waals surface area contributed by atoms with Gasteiger partial charge in [-0.1, -0.05) is 0 Å². The third kappa shape index (κ3) is 2.94. The maximum Gasteiger partial charge on any atom is 0.296 e. The van der Waals surface area contributed by atoms with Crippen LogP contribution in [0.2, 0.25) is 0 Å². The van der Waals surface area contributed by atoms with Crippen LogP contribution >= 0.6 is 0 Å². The molecule has 0 spiro atoms. The number of nitrogens with zero attached hydrogens (tertiary/aromatic N) is 3. The summed E-state index contributed by atoms with van der Waals surface area (Å²) >= 11 is 0. The van der Waals surface area contributed by atoms with Crippen molar-refractivity contribution in [2.75, 3.05) is 18.6 Å². The third-order valence-corrected chi connectivity index (χ3v) is 3.14. The minimum Gasteiger partial charge on any atom is -0.496 e. The van der Waals surface area contributed by atoms with Crippen LogP contribution < -0.4 is 9.64 Å². The average molecular weight is 261 g/mol. The number of nitro groups is 1. The highest BCUT2D eigenvalue weighted by Crippen LogP contribution is 2.38. The van der Waals surface area contributed by atoms with Gasteiger partial charge in [-0.2, -0.15) is 5.26 Å². The topological polar surface area (TPSA) is 79.4 Å². The van der Waals surface area contributed by atoms with E-state index in [1.807, 2.05) is 4.90 Å². The Balaban J connectivity index is 2.35. The van der Waals surface area contributed by atoms with Crippen LogP contribution in [0.5, 0.6) is 5.75 Å². The van der Waals surface area contributed by atoms with Gasteiger partial charge < -0.3 is 9.64 Å². The first-order chi connectivity index (χ1) is 9.17. The summed E-state index contributed by atoms with van der Waals surface area (Å²) in [4.78, 5) is 12.7. The molecule has 1 aliphatic carbocycles. The van der Waals surface area contributed by atoms with E-state index in [2.05, 4.69) is 6.07 Å². The Morgan fingerprint density at radius 3 is 2.84 bits per heavy atom. The van der Waals surface area contributed by atoms with Gasteiger partial charge in [0.25, 0.3) is 5.69 Å². The van der Waals surface area contributed by atoms with Crippen molar-refractivity contribution in [2.45, 2.75) is 25.3 Å². The molecule has 2 rings (SSSR count). The summed E-state index contributed by atoms with van der Waals surface area (Å²) in [6, 6.07) is 7.25. The Morgan fingerprint density at radius 1 is 1.58 bits per heavy atom. The van der Waals surface area contributed by atoms with E-state index < -0.39 is 4.92 Å². The summed E-state index contributed by atoms with van der Waals surface area (Å²) < 4.78 is 5.02. The van der Waals surface area contributed by atoms with Gasteiger partial charge in [-0.15, -0.1) is 0 Å². The molecule has 1 saturated carbocycles. The van der Waals surface area contributed by atoms with E-state index in [-0.39, 0.29) is 5.69 Å². The summed E-state index contributed by atoms with van der Waals surface area (Å²) in [5, 5.41) is 19.9. The number of rotatable bonds is 6. The standard InChI is InChI=1S/C13H15N3O3/c1-19-11-5-6-12(13(9-11)16(17)18)15(8-2-7-14)10-3-4-10/h5-6,9-10H,2-4,8H2,1H3. The highest BCUT2D eigenvalue weighted by molar-refractivity contribution is 5.66. The van der Waals surface area contributed by atoms with Crippen molar-refractivity contribution in [2.24, 2.45) is 0 Å². The van der Waals surface area contributed by atoms with Crippen molar-refractivity contribution in [3.05, 3.63) is 28.3 Å². The molecule has 1 aliphatic rings. The first-order valence-electron chi connectivity index (χ1n) is 6.13. The van der Waals surface area contributed by atoms with Crippen LogP contribution in [0.15, 0.2) is 18.2 Å². The minimum absolute atomic E-state index is 0.0317. The summed E-state index contributed by atoms with van der Waals surface area (Å²) in [6.45, 7) is 0.522. The lowest BCUT2D eigenvalue weighted by molar-refractivity contribution is -0.384. The molecule has 6 heteroatoms. The number of ether oxygens (including phenoxy) is 1. The SMILES string of the molecule is COc1ccc(N(CCC#N)C2CC2)c([N+](=O)[O-])c1. The third-order valence-electron chi connectivity index (χ3n) is 3.14. The second-order valence-corrected chi connectivity index (χ2v) is 4.44. The number of hydrogen-bond donors (Lipinski definition) is 0. The van der Waals surface area contributed by atoms with E-state index in [0.717, 1.165) is 12.8 Å². The second kappa shape index (κ2) is 5.57. The smallest absolute Gasteiger partial charge is 0.296 e. The fourth-order valence-electron chi connectivity index (χ4n) is 2.08. The lowest BCUT2D eigenvalue weighted by Gasteiger charge is -2.23. The van der Waals surface area contributed by atoms with Crippen LogP contribution in [0.4, 0.5) is 11.4 Å². The second-order valence-electron chi connectivity index (χ2n) is 4.44. The zero-order chi connectivity index (χ0) is 13.8. The molecule has 0 amide bonds. The average Bonchev–Trinajstić information content (AvgIpc) is 3.23. The van der Waals surface area contributed by atoms with Crippen LogP contribution in [0, 0.1) is 21.4 Å². The van der Waals surface area contributed by atoms with Crippen LogP contribution in [0.3, 0.4) is 0 Å². The molecule has 0 N–H and O–H groups in total. The first kappa shape index (κ1) is 13.1. The van der Waals surface area contributed by atoms with Crippen LogP contribution in [-0.4, -0.2) is 24.6 Å². The van der Waals surface area contributed by atoms with Crippen molar-refractivity contribution in [1.82, 2.24) is 0 Å². The lowest BCUT2D eigenvalue weighted by atomic mass is 10.2. The maximum absolute atomic E-state index is 11.2. The summed E-state index contributed by atoms with van der Waals surface area (Å²) in [7, 11) is 1.48. The fraction of sp³-hybridized carbons (Fsp3) is 0.462. The number of benzene rings is 1. The number of anilines is 1. The normalized spacial score (nSPS) is 13.7. The van der Waals surface area contributed by atoms with Gasteiger partial charge in [0.15, 0.2) is 0 Å². The van der Waals surface area contributed by atoms with Crippen LogP contribution in [0.1, 0.15) is 19.3 Å². The quantitative estimate of drug-likeness (QED) is 0.580. The predicted molar refractivity (Wildman–Crippen MR) is 70.2 cm³/mol. The van der Waals surface area contributed by atoms with E-state index >= 15 is 0 Å². The molecule has 1 fully saturated rings. The summed E-state index contributed by atoms with van der Waals surface area (Å²) in [6.07, 6.45) is 2.41. The molecule has 0 aromatic heterocycles. The molecule has 0 heterocycles. The summed E-state index contributed by atoms with van der Waals surface area (Å²) in [5.74, 6) is 0.464. The number of methoxy groups -OCH3 is 1. The Bertz CT molecular complexity index is 520. The van der Waals surface area contributed by atoms with E-state index in [9.17, 15) is 10.1 Å². The van der Waals surface area contributed by atoms with E-state index in [1.54, 1.807) is 12.1 Å². The van der Waals surface area contributed by atoms with Gasteiger partial charge in [-0.05, 0) is 25.0 Å². The largest absolute Gasteiger partial charge is 0.496 e. The molecule has 0 saturated heterocycles. The van der Waals surface area contributed by atoms with Crippen molar-refractivity contribution in [1.29, 1.82) is 5.26 Å². The molecule has 0 aliphatic heterocycles. The van der Waals surface area contributed by atoms with Crippen molar-refractivity contribution in [3.8, 4) is 11.8 Å². The monoisotopic (exact) mass is 261 g/mol. The van der Waals surface area contributed by atoms with Crippen LogP contribution in [-0.2, 0) is 0 Å². The van der Waals surface area contributed by atoms with E-state index in [4.69, 9.17) is 10.00 Å². The molecule has 6 nitrogen and oxygen atoms in total. The minimum atomic E-state index is -0.403. The predicted octanol–water partition coefficient (Wildman–Crippen LogP) is 2.49. The Morgan fingerprint density at radius 2 is 2.32 bits per heavy atom. The molecule has 19 heavy (non-hydrogen) atoms. The van der Waals surface area contributed by atoms with Gasteiger partial charge in [0.2, 0.25) is 0 Å². The number of hydrogen-bond acceptors (Lipinski definition) is 5. The van der Waals surface area contributed by atoms with Gasteiger partial charge in [0.1, 0.15) is 11.4 Å². The van der Waals surface area contributed by atoms with Crippen molar-refractivity contribution >= 4 is 11.4 Å². The van der Waals surface area contributed by atoms with Gasteiger partial charge in [-0.25, -0.2) is 0 Å². The van der Waals surface area contributed by atoms with Gasteiger partial charge in [-0.3, -0.25) is 10.1 Å². The highest BCUT2D eigenvalue weighted by Gasteiger charge is 2.32. The maximum atomic E-state index is 11.2. The van der Waals surface area contributed by atoms with Gasteiger partial charge >= 0.3 is 0 Å². The van der Waals surface area contributed by atoms with Crippen molar-refractivity contribution in [3.63, 3.8) is 0 Å². The molecule has 0 bridgehead atoms. The van der Waals surface area contributed by atoms with Gasteiger partial charge in [0, 0.05) is 12.6 Å². The number of nitriles is 1. The lowest BCUT2D eigenvalue weighted by Crippen LogP contribution is -2.27. The Labute approximate surface area is 111 Å². The molecule has 100 valence electrons. The van der Waals surface area contributed by atoms with Crippen molar-refractivity contribution < 1.29 is 9.66 Å². The zero-order valence-electron chi connectivity index (χ0n) is 10.7. The molecular weight excluding hydrogens is 246 g/mol. The van der Waals surface area contributed by atoms with Gasteiger partial charge in [0.05, 0.1) is 30.6 Å². The Hall–Kier alpha value is -2.29. The molecule has 1 aromatic carbocycles. The highest BCUT2D eigenvalue weighted by atomic mass is 16.6.